The van der Waals surface area contributed by atoms with Gasteiger partial charge in [0.05, 0.1) is 30.5 Å². The molecule has 0 atom stereocenters. The lowest BCUT2D eigenvalue weighted by Crippen LogP contribution is -2.14. The number of hydrogen-bond donors (Lipinski definition) is 1. The van der Waals surface area contributed by atoms with Crippen LogP contribution in [0.5, 0.6) is 5.75 Å². The molecule has 206 valence electrons. The van der Waals surface area contributed by atoms with Gasteiger partial charge in [0, 0.05) is 5.56 Å². The number of aliphatic hydroxyl groups excluding tert-OH is 1. The first-order chi connectivity index (χ1) is 19.1. The van der Waals surface area contributed by atoms with E-state index in [2.05, 4.69) is 36.9 Å². The van der Waals surface area contributed by atoms with Crippen LogP contribution in [0.3, 0.4) is 0 Å². The van der Waals surface area contributed by atoms with Gasteiger partial charge in [-0.2, -0.15) is 0 Å². The smallest absolute Gasteiger partial charge is 0.344 e. The van der Waals surface area contributed by atoms with Crippen LogP contribution in [0.4, 0.5) is 0 Å². The van der Waals surface area contributed by atoms with Crippen LogP contribution in [-0.4, -0.2) is 28.6 Å². The minimum atomic E-state index is -0.763. The molecule has 3 aromatic carbocycles. The zero-order valence-electron chi connectivity index (χ0n) is 21.1. The highest BCUT2D eigenvalue weighted by atomic mass is 79.9. The minimum Gasteiger partial charge on any atom is -0.506 e. The van der Waals surface area contributed by atoms with Crippen molar-refractivity contribution in [3.05, 3.63) is 112 Å². The molecular weight excluding hydrogens is 705 g/mol. The van der Waals surface area contributed by atoms with Gasteiger partial charge in [-0.1, -0.05) is 59.2 Å². The van der Waals surface area contributed by atoms with E-state index in [0.717, 1.165) is 22.9 Å². The molecule has 0 aromatic heterocycles. The molecule has 0 saturated heterocycles. The number of benzene rings is 3. The molecule has 0 saturated carbocycles. The number of hydrogen-bond acceptors (Lipinski definition) is 6. The maximum atomic E-state index is 12.9. The lowest BCUT2D eigenvalue weighted by atomic mass is 10.1. The number of carbonyl (C=O) groups is 2. The number of rotatable bonds is 7. The average molecular weight is 726 g/mol. The molecule has 0 bridgehead atoms. The Labute approximate surface area is 262 Å². The van der Waals surface area contributed by atoms with E-state index in [4.69, 9.17) is 32.7 Å². The van der Waals surface area contributed by atoms with E-state index < -0.39 is 11.9 Å². The zero-order chi connectivity index (χ0) is 29.0. The Kier molecular flexibility index (Phi) is 10.2. The van der Waals surface area contributed by atoms with E-state index in [1.165, 1.54) is 0 Å². The second kappa shape index (κ2) is 13.4. The van der Waals surface area contributed by atoms with Gasteiger partial charge < -0.3 is 14.6 Å². The SMILES string of the molecule is CCOC(=O)C1=C(O)/C(=C/c2cc(Br)c(OCc3ccc(Cl)c(Cl)c3)c(Br)c2)SC1=NC(=O)c1ccccc1C. The number of aryl methyl sites for hydroxylation is 1. The molecule has 1 aliphatic heterocycles. The van der Waals surface area contributed by atoms with E-state index in [-0.39, 0.29) is 29.6 Å². The predicted molar refractivity (Wildman–Crippen MR) is 167 cm³/mol. The summed E-state index contributed by atoms with van der Waals surface area (Å²) in [4.78, 5) is 30.1. The van der Waals surface area contributed by atoms with Crippen molar-refractivity contribution in [3.8, 4) is 5.75 Å². The van der Waals surface area contributed by atoms with Gasteiger partial charge in [-0.3, -0.25) is 4.79 Å². The number of thioether (sulfide) groups is 1. The van der Waals surface area contributed by atoms with E-state index >= 15 is 0 Å². The van der Waals surface area contributed by atoms with E-state index in [0.29, 0.717) is 40.8 Å². The van der Waals surface area contributed by atoms with Crippen LogP contribution in [0.25, 0.3) is 6.08 Å². The molecule has 1 heterocycles. The number of ether oxygens (including phenoxy) is 2. The van der Waals surface area contributed by atoms with Crippen molar-refractivity contribution in [1.29, 1.82) is 0 Å². The zero-order valence-corrected chi connectivity index (χ0v) is 26.6. The number of nitrogens with zero attached hydrogens (tertiary/aromatic N) is 1. The van der Waals surface area contributed by atoms with Crippen LogP contribution >= 0.6 is 66.8 Å². The van der Waals surface area contributed by atoms with Crippen molar-refractivity contribution in [2.75, 3.05) is 6.61 Å². The third kappa shape index (κ3) is 7.01. The highest BCUT2D eigenvalue weighted by Crippen LogP contribution is 2.41. The molecule has 0 spiro atoms. The molecule has 11 heteroatoms. The maximum absolute atomic E-state index is 12.9. The summed E-state index contributed by atoms with van der Waals surface area (Å²) in [5, 5.41) is 12.0. The van der Waals surface area contributed by atoms with Crippen molar-refractivity contribution >= 4 is 89.8 Å². The van der Waals surface area contributed by atoms with Gasteiger partial charge in [0.15, 0.2) is 0 Å². The lowest BCUT2D eigenvalue weighted by Gasteiger charge is -2.12. The molecule has 0 radical (unpaired) electrons. The normalized spacial score (nSPS) is 15.2. The first-order valence-electron chi connectivity index (χ1n) is 11.8. The van der Waals surface area contributed by atoms with Gasteiger partial charge in [0.25, 0.3) is 5.91 Å². The molecular formula is C29H21Br2Cl2NO5S. The third-order valence-electron chi connectivity index (χ3n) is 5.63. The second-order valence-electron chi connectivity index (χ2n) is 8.44. The molecule has 3 aromatic rings. The molecule has 4 rings (SSSR count). The Bertz CT molecular complexity index is 1580. The number of aliphatic hydroxyl groups is 1. The summed E-state index contributed by atoms with van der Waals surface area (Å²) in [7, 11) is 0. The van der Waals surface area contributed by atoms with Gasteiger partial charge in [-0.15, -0.1) is 0 Å². The van der Waals surface area contributed by atoms with Crippen LogP contribution in [0, 0.1) is 6.92 Å². The molecule has 1 amide bonds. The van der Waals surface area contributed by atoms with Crippen LogP contribution in [0.15, 0.2) is 84.8 Å². The summed E-state index contributed by atoms with van der Waals surface area (Å²) in [5.74, 6) is -1.04. The minimum absolute atomic E-state index is 0.0650. The molecule has 0 unspecified atom stereocenters. The van der Waals surface area contributed by atoms with Crippen molar-refractivity contribution in [3.63, 3.8) is 0 Å². The average Bonchev–Trinajstić information content (AvgIpc) is 3.20. The fraction of sp³-hybridized carbons (Fsp3) is 0.138. The van der Waals surface area contributed by atoms with E-state index in [9.17, 15) is 14.7 Å². The van der Waals surface area contributed by atoms with Crippen LogP contribution in [0.2, 0.25) is 10.0 Å². The van der Waals surface area contributed by atoms with E-state index in [1.54, 1.807) is 62.4 Å². The summed E-state index contributed by atoms with van der Waals surface area (Å²) >= 11 is 20.2. The molecule has 1 N–H and O–H groups in total. The Balaban J connectivity index is 1.63. The summed E-state index contributed by atoms with van der Waals surface area (Å²) in [6.07, 6.45) is 1.68. The highest BCUT2D eigenvalue weighted by molar-refractivity contribution is 9.11. The van der Waals surface area contributed by atoms with Crippen LogP contribution in [-0.2, 0) is 16.1 Å². The second-order valence-corrected chi connectivity index (χ2v) is 12.0. The van der Waals surface area contributed by atoms with Gasteiger partial charge in [-0.05, 0) is 98.8 Å². The fourth-order valence-electron chi connectivity index (χ4n) is 3.69. The van der Waals surface area contributed by atoms with Crippen LogP contribution in [0.1, 0.15) is 34.0 Å². The monoisotopic (exact) mass is 723 g/mol. The summed E-state index contributed by atoms with van der Waals surface area (Å²) < 4.78 is 12.4. The van der Waals surface area contributed by atoms with Gasteiger partial charge in [0.2, 0.25) is 0 Å². The number of esters is 1. The summed E-state index contributed by atoms with van der Waals surface area (Å²) in [6, 6.07) is 15.9. The van der Waals surface area contributed by atoms with Gasteiger partial charge in [-0.25, -0.2) is 9.79 Å². The first kappa shape index (κ1) is 30.4. The maximum Gasteiger partial charge on any atom is 0.344 e. The Morgan fingerprint density at radius 2 is 1.75 bits per heavy atom. The summed E-state index contributed by atoms with van der Waals surface area (Å²) in [5.41, 5.74) is 2.53. The number of carbonyl (C=O) groups excluding carboxylic acids is 2. The van der Waals surface area contributed by atoms with Crippen molar-refractivity contribution in [1.82, 2.24) is 0 Å². The predicted octanol–water partition coefficient (Wildman–Crippen LogP) is 9.11. The topological polar surface area (TPSA) is 85.2 Å². The molecule has 0 aliphatic carbocycles. The van der Waals surface area contributed by atoms with Gasteiger partial charge in [0.1, 0.15) is 28.7 Å². The van der Waals surface area contributed by atoms with Gasteiger partial charge >= 0.3 is 5.97 Å². The third-order valence-corrected chi connectivity index (χ3v) is 8.57. The van der Waals surface area contributed by atoms with Crippen molar-refractivity contribution in [2.45, 2.75) is 20.5 Å². The van der Waals surface area contributed by atoms with E-state index in [1.807, 2.05) is 12.1 Å². The molecule has 0 fully saturated rings. The lowest BCUT2D eigenvalue weighted by molar-refractivity contribution is -0.138. The largest absolute Gasteiger partial charge is 0.506 e. The quantitative estimate of drug-likeness (QED) is 0.245. The summed E-state index contributed by atoms with van der Waals surface area (Å²) in [6.45, 7) is 3.81. The molecule has 40 heavy (non-hydrogen) atoms. The van der Waals surface area contributed by atoms with Crippen molar-refractivity contribution in [2.24, 2.45) is 4.99 Å². The highest BCUT2D eigenvalue weighted by Gasteiger charge is 2.34. The first-order valence-corrected chi connectivity index (χ1v) is 15.0. The number of amides is 1. The standard InChI is InChI=1S/C29H21Br2Cl2NO5S/c1-3-38-29(37)24-25(35)23(40-28(24)34-27(36)18-7-5-4-6-15(18)2)13-17-10-19(30)26(20(31)11-17)39-14-16-8-9-21(32)22(33)12-16/h4-13,35H,3,14H2,1-2H3/b23-13-,34-28?. The van der Waals surface area contributed by atoms with Crippen molar-refractivity contribution < 1.29 is 24.2 Å². The molecule has 6 nitrogen and oxygen atoms in total. The number of aliphatic imine (C=N–C) groups is 1. The van der Waals surface area contributed by atoms with Crippen LogP contribution < -0.4 is 4.74 Å². The molecule has 1 aliphatic rings. The Hall–Kier alpha value is -2.56. The number of halogens is 4. The Morgan fingerprint density at radius 3 is 2.40 bits per heavy atom. The fourth-order valence-corrected chi connectivity index (χ4v) is 6.48. The Morgan fingerprint density at radius 1 is 1.05 bits per heavy atom.